The molecule has 0 aromatic carbocycles. The topological polar surface area (TPSA) is 173 Å². The SMILES string of the molecule is CO/N=C(\C(=O)NC1C(=O)N2C(C(=O)O)=C(CSc3nncs3)CS[C@H]12)c1nc(N)sc1C.Cl. The maximum atomic E-state index is 12.9. The van der Waals surface area contributed by atoms with Crippen LogP contribution in [0.2, 0.25) is 0 Å². The third-order valence-corrected chi connectivity index (χ3v) is 8.77. The molecule has 4 rings (SSSR count). The first-order valence-corrected chi connectivity index (χ1v) is 13.0. The van der Waals surface area contributed by atoms with Gasteiger partial charge in [-0.05, 0) is 12.5 Å². The molecule has 34 heavy (non-hydrogen) atoms. The van der Waals surface area contributed by atoms with E-state index >= 15 is 0 Å². The van der Waals surface area contributed by atoms with Gasteiger partial charge in [0.25, 0.3) is 11.8 Å². The van der Waals surface area contributed by atoms with E-state index in [0.717, 1.165) is 0 Å². The van der Waals surface area contributed by atoms with E-state index in [-0.39, 0.29) is 34.6 Å². The summed E-state index contributed by atoms with van der Waals surface area (Å²) in [5.41, 5.74) is 8.02. The summed E-state index contributed by atoms with van der Waals surface area (Å²) in [5.74, 6) is -1.60. The summed E-state index contributed by atoms with van der Waals surface area (Å²) in [6, 6.07) is -0.910. The predicted octanol–water partition coefficient (Wildman–Crippen LogP) is 1.19. The number of carboxylic acid groups (broad SMARTS) is 1. The number of thiazole rings is 1. The summed E-state index contributed by atoms with van der Waals surface area (Å²) in [5, 5.41) is 23.6. The smallest absolute Gasteiger partial charge is 0.352 e. The monoisotopic (exact) mass is 563 g/mol. The number of nitrogen functional groups attached to an aromatic ring is 1. The molecule has 0 bridgehead atoms. The third kappa shape index (κ3) is 5.00. The molecule has 1 unspecified atom stereocenters. The van der Waals surface area contributed by atoms with Crippen LogP contribution in [0, 0.1) is 6.92 Å². The lowest BCUT2D eigenvalue weighted by atomic mass is 10.0. The van der Waals surface area contributed by atoms with E-state index in [1.807, 2.05) is 0 Å². The molecule has 2 aromatic rings. The number of hydrogen-bond donors (Lipinski definition) is 3. The number of carboxylic acids is 1. The number of nitrogens with one attached hydrogen (secondary N) is 1. The number of thioether (sulfide) groups is 2. The lowest BCUT2D eigenvalue weighted by Crippen LogP contribution is -2.71. The van der Waals surface area contributed by atoms with Crippen molar-refractivity contribution in [2.45, 2.75) is 22.7 Å². The van der Waals surface area contributed by atoms with Gasteiger partial charge in [-0.1, -0.05) is 28.3 Å². The Morgan fingerprint density at radius 1 is 1.47 bits per heavy atom. The Balaban J connectivity index is 0.00000324. The number of hydrogen-bond acceptors (Lipinski definition) is 13. The van der Waals surface area contributed by atoms with Crippen LogP contribution < -0.4 is 11.1 Å². The van der Waals surface area contributed by atoms with Gasteiger partial charge in [-0.3, -0.25) is 14.5 Å². The Morgan fingerprint density at radius 2 is 2.24 bits per heavy atom. The van der Waals surface area contributed by atoms with Crippen molar-refractivity contribution in [2.24, 2.45) is 5.16 Å². The van der Waals surface area contributed by atoms with Crippen LogP contribution in [0.4, 0.5) is 5.13 Å². The molecule has 2 aliphatic heterocycles. The van der Waals surface area contributed by atoms with Crippen LogP contribution in [0.25, 0.3) is 0 Å². The lowest BCUT2D eigenvalue weighted by Gasteiger charge is -2.49. The van der Waals surface area contributed by atoms with Crippen LogP contribution >= 0.6 is 58.6 Å². The Labute approximate surface area is 215 Å². The highest BCUT2D eigenvalue weighted by Gasteiger charge is 2.54. The van der Waals surface area contributed by atoms with Crippen molar-refractivity contribution in [3.63, 3.8) is 0 Å². The van der Waals surface area contributed by atoms with Gasteiger partial charge >= 0.3 is 5.97 Å². The largest absolute Gasteiger partial charge is 0.477 e. The highest BCUT2D eigenvalue weighted by atomic mass is 35.5. The molecule has 2 aromatic heterocycles. The molecule has 0 saturated carbocycles. The standard InChI is InChI=1S/C17H17N7O5S4.ClH/c1-6-8(21-16(18)33-6)9(23-29-2)12(25)20-10-13(26)24-11(15(27)28)7(3-30-14(10)24)4-31-17-22-19-5-32-17;/h5,10,14H,3-4H2,1-2H3,(H2,18,21)(H,20,25)(H,27,28);1H/b23-9-;/t10?,14-;/m1./s1. The highest BCUT2D eigenvalue weighted by Crippen LogP contribution is 2.41. The van der Waals surface area contributed by atoms with Crippen LogP contribution in [0.15, 0.2) is 26.3 Å². The number of oxime groups is 1. The van der Waals surface area contributed by atoms with Crippen molar-refractivity contribution >= 4 is 87.2 Å². The highest BCUT2D eigenvalue weighted by molar-refractivity contribution is 8.01. The number of carbonyl (C=O) groups excluding carboxylic acids is 2. The van der Waals surface area contributed by atoms with Gasteiger partial charge in [0.1, 0.15) is 35.4 Å². The summed E-state index contributed by atoms with van der Waals surface area (Å²) in [4.78, 5) is 48.6. The van der Waals surface area contributed by atoms with Crippen LogP contribution in [0.5, 0.6) is 0 Å². The number of halogens is 1. The summed E-state index contributed by atoms with van der Waals surface area (Å²) < 4.78 is 0.711. The fourth-order valence-corrected chi connectivity index (χ4v) is 6.96. The molecule has 2 atom stereocenters. The van der Waals surface area contributed by atoms with Crippen molar-refractivity contribution in [1.82, 2.24) is 25.4 Å². The maximum Gasteiger partial charge on any atom is 0.352 e. The van der Waals surface area contributed by atoms with Gasteiger partial charge in [-0.2, -0.15) is 0 Å². The molecule has 1 saturated heterocycles. The number of rotatable bonds is 8. The zero-order valence-electron chi connectivity index (χ0n) is 17.6. The molecule has 12 nitrogen and oxygen atoms in total. The molecule has 4 N–H and O–H groups in total. The molecule has 2 amide bonds. The molecule has 0 radical (unpaired) electrons. The zero-order valence-corrected chi connectivity index (χ0v) is 21.7. The van der Waals surface area contributed by atoms with Gasteiger partial charge in [0, 0.05) is 16.4 Å². The summed E-state index contributed by atoms with van der Waals surface area (Å²) in [6.45, 7) is 1.74. The minimum absolute atomic E-state index is 0. The molecule has 182 valence electrons. The van der Waals surface area contributed by atoms with Crippen molar-refractivity contribution in [3.8, 4) is 0 Å². The molecule has 4 heterocycles. The van der Waals surface area contributed by atoms with Gasteiger partial charge in [0.15, 0.2) is 15.2 Å². The number of nitrogens with zero attached hydrogens (tertiary/aromatic N) is 5. The number of aliphatic carboxylic acids is 1. The van der Waals surface area contributed by atoms with Crippen LogP contribution in [-0.2, 0) is 19.2 Å². The average molecular weight is 564 g/mol. The number of fused-ring (bicyclic) bond motifs is 1. The Kier molecular flexibility index (Phi) is 8.40. The van der Waals surface area contributed by atoms with Crippen molar-refractivity contribution in [2.75, 3.05) is 24.3 Å². The number of β-lactam (4-membered cyclic amide) rings is 1. The van der Waals surface area contributed by atoms with Crippen LogP contribution in [0.1, 0.15) is 10.6 Å². The van der Waals surface area contributed by atoms with E-state index in [1.165, 1.54) is 58.2 Å². The van der Waals surface area contributed by atoms with E-state index in [0.29, 0.717) is 26.3 Å². The molecule has 0 aliphatic carbocycles. The number of nitrogens with two attached hydrogens (primary N) is 1. The number of aromatic nitrogens is 3. The van der Waals surface area contributed by atoms with Crippen molar-refractivity contribution in [1.29, 1.82) is 0 Å². The Hall–Kier alpha value is -2.40. The summed E-state index contributed by atoms with van der Waals surface area (Å²) >= 11 is 5.29. The molecule has 2 aliphatic rings. The Bertz CT molecular complexity index is 1170. The van der Waals surface area contributed by atoms with E-state index in [1.54, 1.807) is 12.4 Å². The molecule has 1 fully saturated rings. The van der Waals surface area contributed by atoms with E-state index in [2.05, 4.69) is 25.7 Å². The zero-order chi connectivity index (χ0) is 23.7. The van der Waals surface area contributed by atoms with Gasteiger partial charge in [0.2, 0.25) is 0 Å². The minimum atomic E-state index is -1.19. The van der Waals surface area contributed by atoms with E-state index in [9.17, 15) is 19.5 Å². The van der Waals surface area contributed by atoms with Gasteiger partial charge < -0.3 is 21.0 Å². The summed E-state index contributed by atoms with van der Waals surface area (Å²) in [6.07, 6.45) is 0. The van der Waals surface area contributed by atoms with Gasteiger partial charge in [0.05, 0.1) is 0 Å². The maximum absolute atomic E-state index is 12.9. The molecular weight excluding hydrogens is 546 g/mol. The number of aryl methyl sites for hydroxylation is 1. The second-order valence-electron chi connectivity index (χ2n) is 6.69. The first-order valence-electron chi connectivity index (χ1n) is 9.26. The van der Waals surface area contributed by atoms with Crippen LogP contribution in [0.3, 0.4) is 0 Å². The number of anilines is 1. The second kappa shape index (κ2) is 10.9. The molecule has 0 spiro atoms. The van der Waals surface area contributed by atoms with Crippen molar-refractivity contribution < 1.29 is 24.3 Å². The van der Waals surface area contributed by atoms with E-state index in [4.69, 9.17) is 10.6 Å². The Morgan fingerprint density at radius 3 is 2.82 bits per heavy atom. The quantitative estimate of drug-likeness (QED) is 0.182. The van der Waals surface area contributed by atoms with Gasteiger partial charge in [-0.25, -0.2) is 9.78 Å². The predicted molar refractivity (Wildman–Crippen MR) is 132 cm³/mol. The van der Waals surface area contributed by atoms with Crippen molar-refractivity contribution in [3.05, 3.63) is 27.4 Å². The fourth-order valence-electron chi connectivity index (χ4n) is 3.30. The number of carbonyl (C=O) groups is 3. The van der Waals surface area contributed by atoms with E-state index < -0.39 is 29.2 Å². The molecular formula is C17H18ClN7O5S4. The average Bonchev–Trinajstić information content (AvgIpc) is 3.42. The van der Waals surface area contributed by atoms with Crippen LogP contribution in [-0.4, -0.2) is 78.7 Å². The molecule has 17 heteroatoms. The lowest BCUT2D eigenvalue weighted by molar-refractivity contribution is -0.150. The fraction of sp³-hybridized carbons (Fsp3) is 0.353. The summed E-state index contributed by atoms with van der Waals surface area (Å²) in [7, 11) is 1.29. The number of amides is 2. The third-order valence-electron chi connectivity index (χ3n) is 4.68. The minimum Gasteiger partial charge on any atom is -0.477 e. The van der Waals surface area contributed by atoms with Gasteiger partial charge in [-0.15, -0.1) is 45.7 Å². The first-order chi connectivity index (χ1) is 15.8. The normalized spacial score (nSPS) is 19.8. The first kappa shape index (κ1) is 26.2. The second-order valence-corrected chi connectivity index (χ2v) is 11.1.